The largest absolute Gasteiger partial charge is 0.472 e. The van der Waals surface area contributed by atoms with Crippen LogP contribution in [-0.4, -0.2) is 35.6 Å². The van der Waals surface area contributed by atoms with Crippen molar-refractivity contribution in [2.75, 3.05) is 13.2 Å². The molecule has 0 saturated carbocycles. The van der Waals surface area contributed by atoms with Crippen LogP contribution >= 0.6 is 0 Å². The average Bonchev–Trinajstić information content (AvgIpc) is 2.58. The van der Waals surface area contributed by atoms with Crippen LogP contribution in [-0.2, 0) is 0 Å². The van der Waals surface area contributed by atoms with E-state index in [1.165, 1.54) is 36.4 Å². The van der Waals surface area contributed by atoms with Crippen molar-refractivity contribution in [1.82, 2.24) is 10.3 Å². The lowest BCUT2D eigenvalue weighted by atomic mass is 10.1. The number of rotatable bonds is 7. The van der Waals surface area contributed by atoms with E-state index in [1.807, 2.05) is 0 Å². The number of ether oxygens (including phenoxy) is 1. The van der Waals surface area contributed by atoms with Gasteiger partial charge in [0, 0.05) is 18.2 Å². The van der Waals surface area contributed by atoms with Crippen molar-refractivity contribution in [3.05, 3.63) is 59.5 Å². The topological polar surface area (TPSA) is 71.5 Å². The summed E-state index contributed by atoms with van der Waals surface area (Å²) in [6.07, 6.45) is -3.88. The molecule has 1 amide bonds. The minimum Gasteiger partial charge on any atom is -0.472 e. The number of halogens is 3. The van der Waals surface area contributed by atoms with Crippen LogP contribution in [0.3, 0.4) is 0 Å². The molecule has 8 heteroatoms. The second-order valence-corrected chi connectivity index (χ2v) is 4.81. The fourth-order valence-corrected chi connectivity index (χ4v) is 1.91. The van der Waals surface area contributed by atoms with E-state index in [4.69, 9.17) is 4.74 Å². The summed E-state index contributed by atoms with van der Waals surface area (Å²) in [5.74, 6) is -1.34. The molecule has 0 aliphatic rings. The monoisotopic (exact) mass is 340 g/mol. The fourth-order valence-electron chi connectivity index (χ4n) is 1.91. The van der Waals surface area contributed by atoms with Gasteiger partial charge in [-0.15, -0.1) is 0 Å². The van der Waals surface area contributed by atoms with Gasteiger partial charge in [0.1, 0.15) is 11.5 Å². The summed E-state index contributed by atoms with van der Waals surface area (Å²) in [5.41, 5.74) is -0.0118. The molecule has 2 aromatic rings. The molecule has 0 spiro atoms. The number of benzene rings is 1. The second-order valence-electron chi connectivity index (χ2n) is 4.81. The van der Waals surface area contributed by atoms with Crippen molar-refractivity contribution in [3.63, 3.8) is 0 Å². The van der Waals surface area contributed by atoms with Gasteiger partial charge in [0.25, 0.3) is 12.3 Å². The van der Waals surface area contributed by atoms with Gasteiger partial charge in [-0.3, -0.25) is 4.79 Å². The number of nitrogens with one attached hydrogen (secondary N) is 1. The zero-order chi connectivity index (χ0) is 17.5. The van der Waals surface area contributed by atoms with Gasteiger partial charge >= 0.3 is 0 Å². The van der Waals surface area contributed by atoms with E-state index in [-0.39, 0.29) is 23.7 Å². The van der Waals surface area contributed by atoms with E-state index in [1.54, 1.807) is 6.07 Å². The number of nitrogens with zero attached hydrogens (tertiary/aromatic N) is 1. The third-order valence-electron chi connectivity index (χ3n) is 3.03. The molecule has 1 aromatic carbocycles. The number of hydrogen-bond donors (Lipinski definition) is 2. The molecule has 24 heavy (non-hydrogen) atoms. The summed E-state index contributed by atoms with van der Waals surface area (Å²) in [4.78, 5) is 15.8. The standard InChI is InChI=1S/C16H15F3N2O3/c17-11-5-2-1-4-10(11)13(22)8-20-16(23)12-6-3-7-15(21-12)24-9-14(18)19/h1-7,13-14,22H,8-9H2,(H,20,23). The number of pyridine rings is 1. The van der Waals surface area contributed by atoms with Crippen molar-refractivity contribution in [1.29, 1.82) is 0 Å². The van der Waals surface area contributed by atoms with Gasteiger partial charge in [0.2, 0.25) is 5.88 Å². The molecule has 5 nitrogen and oxygen atoms in total. The predicted octanol–water partition coefficient (Wildman–Crippen LogP) is 2.33. The molecular weight excluding hydrogens is 325 g/mol. The summed E-state index contributed by atoms with van der Waals surface area (Å²) < 4.78 is 42.4. The van der Waals surface area contributed by atoms with Crippen molar-refractivity contribution in [3.8, 4) is 5.88 Å². The fraction of sp³-hybridized carbons (Fsp3) is 0.250. The molecule has 0 bridgehead atoms. The number of carbonyl (C=O) groups is 1. The highest BCUT2D eigenvalue weighted by molar-refractivity contribution is 5.92. The lowest BCUT2D eigenvalue weighted by Crippen LogP contribution is -2.29. The zero-order valence-electron chi connectivity index (χ0n) is 12.5. The van der Waals surface area contributed by atoms with Gasteiger partial charge in [0.05, 0.1) is 6.10 Å². The highest BCUT2D eigenvalue weighted by Crippen LogP contribution is 2.16. The zero-order valence-corrected chi connectivity index (χ0v) is 12.5. The van der Waals surface area contributed by atoms with Gasteiger partial charge in [-0.05, 0) is 12.1 Å². The minimum atomic E-state index is -2.65. The van der Waals surface area contributed by atoms with Crippen LogP contribution in [0, 0.1) is 5.82 Å². The Bertz CT molecular complexity index is 698. The first-order chi connectivity index (χ1) is 11.5. The first-order valence-corrected chi connectivity index (χ1v) is 7.06. The number of aliphatic hydroxyl groups excluding tert-OH is 1. The van der Waals surface area contributed by atoms with Crippen molar-refractivity contribution >= 4 is 5.91 Å². The number of hydrogen-bond acceptors (Lipinski definition) is 4. The van der Waals surface area contributed by atoms with Crippen LogP contribution < -0.4 is 10.1 Å². The molecule has 0 aliphatic carbocycles. The lowest BCUT2D eigenvalue weighted by Gasteiger charge is -2.13. The van der Waals surface area contributed by atoms with Crippen molar-refractivity contribution in [2.24, 2.45) is 0 Å². The van der Waals surface area contributed by atoms with Crippen LogP contribution in [0.5, 0.6) is 5.88 Å². The number of aromatic nitrogens is 1. The summed E-state index contributed by atoms with van der Waals surface area (Å²) in [6, 6.07) is 9.78. The molecule has 2 rings (SSSR count). The number of amides is 1. The summed E-state index contributed by atoms with van der Waals surface area (Å²) >= 11 is 0. The van der Waals surface area contributed by atoms with Gasteiger partial charge in [-0.1, -0.05) is 24.3 Å². The van der Waals surface area contributed by atoms with E-state index >= 15 is 0 Å². The third kappa shape index (κ3) is 4.95. The van der Waals surface area contributed by atoms with E-state index in [0.717, 1.165) is 0 Å². The Morgan fingerprint density at radius 2 is 1.96 bits per heavy atom. The number of carbonyl (C=O) groups excluding carboxylic acids is 1. The second kappa shape index (κ2) is 8.30. The molecule has 1 aromatic heterocycles. The predicted molar refractivity (Wildman–Crippen MR) is 79.4 cm³/mol. The maximum atomic E-state index is 13.5. The SMILES string of the molecule is O=C(NCC(O)c1ccccc1F)c1cccc(OCC(F)F)n1. The highest BCUT2D eigenvalue weighted by atomic mass is 19.3. The lowest BCUT2D eigenvalue weighted by molar-refractivity contribution is 0.0791. The Morgan fingerprint density at radius 3 is 2.67 bits per heavy atom. The highest BCUT2D eigenvalue weighted by Gasteiger charge is 2.15. The average molecular weight is 340 g/mol. The summed E-state index contributed by atoms with van der Waals surface area (Å²) in [7, 11) is 0. The van der Waals surface area contributed by atoms with Crippen molar-refractivity contribution in [2.45, 2.75) is 12.5 Å². The molecule has 128 valence electrons. The van der Waals surface area contributed by atoms with Gasteiger partial charge in [-0.25, -0.2) is 18.2 Å². The molecule has 0 aliphatic heterocycles. The smallest absolute Gasteiger partial charge is 0.272 e. The maximum absolute atomic E-state index is 13.5. The first kappa shape index (κ1) is 17.7. The maximum Gasteiger partial charge on any atom is 0.272 e. The van der Waals surface area contributed by atoms with Crippen molar-refractivity contribution < 1.29 is 27.8 Å². The molecule has 2 N–H and O–H groups in total. The first-order valence-electron chi connectivity index (χ1n) is 7.06. The van der Waals surface area contributed by atoms with Crippen LogP contribution in [0.1, 0.15) is 22.2 Å². The van der Waals surface area contributed by atoms with Gasteiger partial charge < -0.3 is 15.2 Å². The molecule has 1 heterocycles. The van der Waals surface area contributed by atoms with Crippen LogP contribution in [0.2, 0.25) is 0 Å². The molecular formula is C16H15F3N2O3. The Kier molecular flexibility index (Phi) is 6.14. The minimum absolute atomic E-state index is 0.0553. The Hall–Kier alpha value is -2.61. The summed E-state index contributed by atoms with van der Waals surface area (Å²) in [5, 5.41) is 12.3. The molecule has 0 saturated heterocycles. The van der Waals surface area contributed by atoms with E-state index in [0.29, 0.717) is 0 Å². The van der Waals surface area contributed by atoms with Crippen LogP contribution in [0.25, 0.3) is 0 Å². The van der Waals surface area contributed by atoms with Crippen LogP contribution in [0.4, 0.5) is 13.2 Å². The van der Waals surface area contributed by atoms with E-state index in [2.05, 4.69) is 10.3 Å². The summed E-state index contributed by atoms with van der Waals surface area (Å²) in [6.45, 7) is -1.06. The normalized spacial score (nSPS) is 12.0. The Morgan fingerprint density at radius 1 is 1.21 bits per heavy atom. The van der Waals surface area contributed by atoms with E-state index in [9.17, 15) is 23.1 Å². The third-order valence-corrected chi connectivity index (χ3v) is 3.03. The van der Waals surface area contributed by atoms with Gasteiger partial charge in [-0.2, -0.15) is 0 Å². The number of alkyl halides is 2. The molecule has 0 fully saturated rings. The molecule has 1 unspecified atom stereocenters. The molecule has 0 radical (unpaired) electrons. The number of aliphatic hydroxyl groups is 1. The van der Waals surface area contributed by atoms with Gasteiger partial charge in [0.15, 0.2) is 6.61 Å². The Balaban J connectivity index is 1.95. The quantitative estimate of drug-likeness (QED) is 0.811. The Labute approximate surface area is 136 Å². The van der Waals surface area contributed by atoms with E-state index < -0.39 is 30.9 Å². The van der Waals surface area contributed by atoms with Crippen LogP contribution in [0.15, 0.2) is 42.5 Å². The molecule has 1 atom stereocenters.